The fourth-order valence-electron chi connectivity index (χ4n) is 4.44. The van der Waals surface area contributed by atoms with Crippen LogP contribution in [0.2, 0.25) is 0 Å². The number of halogens is 8. The predicted octanol–water partition coefficient (Wildman–Crippen LogP) is 6.65. The van der Waals surface area contributed by atoms with E-state index in [1.807, 2.05) is 0 Å². The van der Waals surface area contributed by atoms with Crippen LogP contribution in [0.5, 0.6) is 5.75 Å². The third-order valence-corrected chi connectivity index (χ3v) is 6.20. The number of aromatic nitrogens is 1. The summed E-state index contributed by atoms with van der Waals surface area (Å²) in [5.41, 5.74) is -2.02. The summed E-state index contributed by atoms with van der Waals surface area (Å²) >= 11 is 0. The lowest BCUT2D eigenvalue weighted by Gasteiger charge is -2.29. The average Bonchev–Trinajstić information content (AvgIpc) is 3.15. The van der Waals surface area contributed by atoms with E-state index in [-0.39, 0.29) is 23.4 Å². The Hall–Kier alpha value is -3.74. The highest BCUT2D eigenvalue weighted by molar-refractivity contribution is 6.00. The third kappa shape index (κ3) is 6.29. The molecule has 1 aliphatic heterocycles. The Morgan fingerprint density at radius 2 is 1.54 bits per heavy atom. The number of alkyl halides is 6. The summed E-state index contributed by atoms with van der Waals surface area (Å²) < 4.78 is 109. The van der Waals surface area contributed by atoms with Crippen molar-refractivity contribution in [3.05, 3.63) is 89.2 Å². The van der Waals surface area contributed by atoms with Crippen molar-refractivity contribution in [3.63, 3.8) is 0 Å². The molecule has 2 atom stereocenters. The molecule has 0 radical (unpaired) electrons. The minimum absolute atomic E-state index is 0.00149. The molecule has 0 unspecified atom stereocenters. The van der Waals surface area contributed by atoms with Gasteiger partial charge in [-0.25, -0.2) is 13.8 Å². The zero-order valence-corrected chi connectivity index (χ0v) is 20.4. The number of benzene rings is 2. The number of amides is 1. The highest BCUT2D eigenvalue weighted by Crippen LogP contribution is 2.40. The van der Waals surface area contributed by atoms with Crippen molar-refractivity contribution < 1.29 is 44.7 Å². The van der Waals surface area contributed by atoms with E-state index in [0.29, 0.717) is 0 Å². The van der Waals surface area contributed by atoms with Gasteiger partial charge in [-0.1, -0.05) is 12.1 Å². The van der Waals surface area contributed by atoms with Gasteiger partial charge in [-0.05, 0) is 74.4 Å². The van der Waals surface area contributed by atoms with Crippen molar-refractivity contribution in [3.8, 4) is 5.75 Å². The van der Waals surface area contributed by atoms with Crippen LogP contribution in [0.1, 0.15) is 43.3 Å². The molecule has 5 nitrogen and oxygen atoms in total. The Bertz CT molecular complexity index is 1360. The van der Waals surface area contributed by atoms with Crippen molar-refractivity contribution in [1.82, 2.24) is 10.3 Å². The zero-order chi connectivity index (χ0) is 28.8. The Morgan fingerprint density at radius 3 is 2.13 bits per heavy atom. The van der Waals surface area contributed by atoms with Crippen molar-refractivity contribution in [2.45, 2.75) is 50.4 Å². The standard InChI is InChI=1S/C26H21F8N3O2/c1-24(2,21-4-3-5-22(35-21)25(29,30)31)36-19-13-20(14-6-11-17(27)18(28)12-14)37(23(19)38)15-7-9-16(10-8-15)39-26(32,33)34/h3-12,19-20,36H,13H2,1-2H3/t19-,20-/m1/s1. The normalized spacial score (nSPS) is 18.5. The summed E-state index contributed by atoms with van der Waals surface area (Å²) in [6.45, 7) is 3.06. The molecule has 39 heavy (non-hydrogen) atoms. The van der Waals surface area contributed by atoms with Gasteiger partial charge in [0.05, 0.1) is 23.3 Å². The van der Waals surface area contributed by atoms with Gasteiger partial charge in [-0.2, -0.15) is 13.2 Å². The molecule has 0 aliphatic carbocycles. The number of rotatable bonds is 6. The maximum Gasteiger partial charge on any atom is 0.573 e. The number of carbonyl (C=O) groups excluding carboxylic acids is 1. The van der Waals surface area contributed by atoms with Gasteiger partial charge < -0.3 is 9.64 Å². The number of nitrogens with one attached hydrogen (secondary N) is 1. The summed E-state index contributed by atoms with van der Waals surface area (Å²) in [4.78, 5) is 18.5. The molecule has 0 spiro atoms. The highest BCUT2D eigenvalue weighted by Gasteiger charge is 2.44. The molecule has 0 saturated carbocycles. The molecule has 1 fully saturated rings. The minimum Gasteiger partial charge on any atom is -0.406 e. The van der Waals surface area contributed by atoms with E-state index >= 15 is 0 Å². The smallest absolute Gasteiger partial charge is 0.406 e. The first kappa shape index (κ1) is 28.3. The molecular formula is C26H21F8N3O2. The highest BCUT2D eigenvalue weighted by atomic mass is 19.4. The first-order chi connectivity index (χ1) is 18.0. The van der Waals surface area contributed by atoms with Gasteiger partial charge in [0.15, 0.2) is 11.6 Å². The molecule has 13 heteroatoms. The van der Waals surface area contributed by atoms with E-state index in [4.69, 9.17) is 0 Å². The number of carbonyl (C=O) groups is 1. The van der Waals surface area contributed by atoms with Crippen molar-refractivity contribution in [2.75, 3.05) is 4.90 Å². The lowest BCUT2D eigenvalue weighted by Crippen LogP contribution is -2.48. The summed E-state index contributed by atoms with van der Waals surface area (Å²) in [7, 11) is 0. The number of ether oxygens (including phenoxy) is 1. The van der Waals surface area contributed by atoms with Crippen LogP contribution < -0.4 is 15.0 Å². The fourth-order valence-corrected chi connectivity index (χ4v) is 4.44. The van der Waals surface area contributed by atoms with Crippen LogP contribution in [0.15, 0.2) is 60.7 Å². The first-order valence-electron chi connectivity index (χ1n) is 11.5. The quantitative estimate of drug-likeness (QED) is 0.344. The molecule has 2 heterocycles. The van der Waals surface area contributed by atoms with Crippen LogP contribution >= 0.6 is 0 Å². The second-order valence-corrected chi connectivity index (χ2v) is 9.40. The summed E-state index contributed by atoms with van der Waals surface area (Å²) in [5, 5.41) is 3.01. The maximum atomic E-state index is 14.1. The van der Waals surface area contributed by atoms with E-state index in [1.165, 1.54) is 49.1 Å². The fraction of sp³-hybridized carbons (Fsp3) is 0.308. The van der Waals surface area contributed by atoms with E-state index in [2.05, 4.69) is 15.0 Å². The average molecular weight is 559 g/mol. The van der Waals surface area contributed by atoms with Crippen LogP contribution in [-0.2, 0) is 16.5 Å². The number of hydrogen-bond acceptors (Lipinski definition) is 4. The predicted molar refractivity (Wildman–Crippen MR) is 124 cm³/mol. The van der Waals surface area contributed by atoms with E-state index < -0.39 is 59.1 Å². The molecule has 1 aliphatic rings. The SMILES string of the molecule is CC(C)(N[C@@H]1C[C@H](c2ccc(F)c(F)c2)N(c2ccc(OC(F)(F)F)cc2)C1=O)c1cccc(C(F)(F)F)n1. The molecule has 208 valence electrons. The van der Waals surface area contributed by atoms with Crippen LogP contribution in [0, 0.1) is 11.6 Å². The topological polar surface area (TPSA) is 54.5 Å². The first-order valence-corrected chi connectivity index (χ1v) is 11.5. The Balaban J connectivity index is 1.68. The van der Waals surface area contributed by atoms with E-state index in [9.17, 15) is 39.9 Å². The molecule has 1 aromatic heterocycles. The Kier molecular flexibility index (Phi) is 7.32. The summed E-state index contributed by atoms with van der Waals surface area (Å²) in [6, 6.07) is 8.91. The van der Waals surface area contributed by atoms with E-state index in [1.54, 1.807) is 0 Å². The zero-order valence-electron chi connectivity index (χ0n) is 20.4. The molecule has 2 aromatic carbocycles. The van der Waals surface area contributed by atoms with Gasteiger partial charge in [0, 0.05) is 5.69 Å². The Morgan fingerprint density at radius 1 is 0.897 bits per heavy atom. The van der Waals surface area contributed by atoms with Crippen molar-refractivity contribution in [2.24, 2.45) is 0 Å². The molecule has 1 N–H and O–H groups in total. The van der Waals surface area contributed by atoms with Gasteiger partial charge in [-0.15, -0.1) is 13.2 Å². The minimum atomic E-state index is -4.93. The number of anilines is 1. The monoisotopic (exact) mass is 559 g/mol. The lowest BCUT2D eigenvalue weighted by atomic mass is 9.96. The van der Waals surface area contributed by atoms with Crippen LogP contribution in [0.3, 0.4) is 0 Å². The van der Waals surface area contributed by atoms with Gasteiger partial charge >= 0.3 is 12.5 Å². The van der Waals surface area contributed by atoms with Gasteiger partial charge in [0.1, 0.15) is 11.4 Å². The molecule has 1 saturated heterocycles. The maximum absolute atomic E-state index is 14.1. The van der Waals surface area contributed by atoms with Crippen LogP contribution in [-0.4, -0.2) is 23.3 Å². The second-order valence-electron chi connectivity index (χ2n) is 9.40. The molecular weight excluding hydrogens is 538 g/mol. The van der Waals surface area contributed by atoms with Gasteiger partial charge in [0.25, 0.3) is 0 Å². The van der Waals surface area contributed by atoms with Gasteiger partial charge in [0.2, 0.25) is 5.91 Å². The van der Waals surface area contributed by atoms with Crippen molar-refractivity contribution >= 4 is 11.6 Å². The number of pyridine rings is 1. The number of hydrogen-bond donors (Lipinski definition) is 1. The van der Waals surface area contributed by atoms with Crippen LogP contribution in [0.4, 0.5) is 40.8 Å². The lowest BCUT2D eigenvalue weighted by molar-refractivity contribution is -0.274. The van der Waals surface area contributed by atoms with Gasteiger partial charge in [-0.3, -0.25) is 10.1 Å². The van der Waals surface area contributed by atoms with E-state index in [0.717, 1.165) is 30.3 Å². The third-order valence-electron chi connectivity index (χ3n) is 6.20. The van der Waals surface area contributed by atoms with Crippen molar-refractivity contribution in [1.29, 1.82) is 0 Å². The molecule has 3 aromatic rings. The number of nitrogens with zero attached hydrogens (tertiary/aromatic N) is 2. The molecule has 4 rings (SSSR count). The second kappa shape index (κ2) is 10.1. The molecule has 1 amide bonds. The van der Waals surface area contributed by atoms with Crippen LogP contribution in [0.25, 0.3) is 0 Å². The summed E-state index contributed by atoms with van der Waals surface area (Å²) in [5.74, 6) is -3.41. The largest absolute Gasteiger partial charge is 0.573 e. The summed E-state index contributed by atoms with van der Waals surface area (Å²) in [6.07, 6.45) is -9.64. The Labute approximate surface area is 217 Å². The molecule has 0 bridgehead atoms.